The van der Waals surface area contributed by atoms with Crippen LogP contribution in [0.1, 0.15) is 12.8 Å². The molecular weight excluding hydrogens is 439 g/mol. The van der Waals surface area contributed by atoms with Crippen LogP contribution in [-0.4, -0.2) is 66.0 Å². The Morgan fingerprint density at radius 3 is 2.78 bits per heavy atom. The number of H-pyrrole nitrogens is 1. The van der Waals surface area contributed by atoms with Gasteiger partial charge < -0.3 is 19.5 Å². The summed E-state index contributed by atoms with van der Waals surface area (Å²) < 4.78 is 42.2. The van der Waals surface area contributed by atoms with Crippen LogP contribution >= 0.6 is 0 Å². The van der Waals surface area contributed by atoms with Gasteiger partial charge in [-0.1, -0.05) is 0 Å². The van der Waals surface area contributed by atoms with Gasteiger partial charge in [0.15, 0.2) is 18.2 Å². The van der Waals surface area contributed by atoms with Crippen LogP contribution < -0.4 is 14.8 Å². The number of aromatic amines is 1. The lowest BCUT2D eigenvalue weighted by Gasteiger charge is -2.42. The van der Waals surface area contributed by atoms with Gasteiger partial charge in [0, 0.05) is 25.8 Å². The second kappa shape index (κ2) is 7.41. The Kier molecular flexibility index (Phi) is 4.78. The molecule has 2 fully saturated rings. The van der Waals surface area contributed by atoms with Crippen molar-refractivity contribution in [1.82, 2.24) is 19.9 Å². The lowest BCUT2D eigenvalue weighted by molar-refractivity contribution is -0.137. The molecule has 1 saturated heterocycles. The van der Waals surface area contributed by atoms with Crippen LogP contribution in [0.25, 0.3) is 11.0 Å². The van der Waals surface area contributed by atoms with Crippen LogP contribution in [0.2, 0.25) is 0 Å². The van der Waals surface area contributed by atoms with E-state index in [-0.39, 0.29) is 28.7 Å². The molecule has 32 heavy (non-hydrogen) atoms. The van der Waals surface area contributed by atoms with Crippen molar-refractivity contribution in [3.05, 3.63) is 42.6 Å². The number of nitrogens with zero attached hydrogens (tertiary/aromatic N) is 4. The predicted molar refractivity (Wildman–Crippen MR) is 113 cm³/mol. The minimum Gasteiger partial charge on any atom is -0.481 e. The third kappa shape index (κ3) is 3.65. The number of fused-ring (bicyclic) bond motifs is 1. The Hall–Kier alpha value is -3.25. The number of aromatic nitrogens is 3. The quantitative estimate of drug-likeness (QED) is 0.580. The van der Waals surface area contributed by atoms with Crippen LogP contribution in [0.5, 0.6) is 5.75 Å². The molecular formula is C20H21FN6O4S. The van der Waals surface area contributed by atoms with Gasteiger partial charge in [-0.05, 0) is 37.1 Å². The number of nitrogens with one attached hydrogen (secondary N) is 1. The molecule has 1 aliphatic heterocycles. The van der Waals surface area contributed by atoms with Gasteiger partial charge in [0.1, 0.15) is 17.8 Å². The molecule has 1 saturated carbocycles. The number of carbonyl (C=O) groups excluding carboxylic acids is 1. The molecule has 1 aliphatic carbocycles. The largest absolute Gasteiger partial charge is 0.481 e. The number of benzene rings is 1. The molecule has 0 radical (unpaired) electrons. The number of ether oxygens (including phenoxy) is 1. The first-order valence-corrected chi connectivity index (χ1v) is 11.6. The molecule has 168 valence electrons. The number of anilines is 1. The Balaban J connectivity index is 1.27. The van der Waals surface area contributed by atoms with E-state index in [9.17, 15) is 17.6 Å². The number of carbonyl (C=O) groups is 1. The van der Waals surface area contributed by atoms with E-state index < -0.39 is 15.8 Å². The van der Waals surface area contributed by atoms with Crippen molar-refractivity contribution in [2.45, 2.75) is 23.3 Å². The molecule has 2 aromatic heterocycles. The summed E-state index contributed by atoms with van der Waals surface area (Å²) in [4.78, 5) is 28.3. The number of amides is 1. The third-order valence-electron chi connectivity index (χ3n) is 5.99. The van der Waals surface area contributed by atoms with Crippen molar-refractivity contribution in [2.75, 3.05) is 31.1 Å². The van der Waals surface area contributed by atoms with Crippen molar-refractivity contribution in [2.24, 2.45) is 5.14 Å². The maximum absolute atomic E-state index is 14.2. The number of piperazine rings is 1. The van der Waals surface area contributed by atoms with E-state index in [2.05, 4.69) is 19.9 Å². The molecule has 0 bridgehead atoms. The predicted octanol–water partition coefficient (Wildman–Crippen LogP) is 1.00. The fourth-order valence-corrected chi connectivity index (χ4v) is 4.75. The minimum absolute atomic E-state index is 0.204. The average molecular weight is 460 g/mol. The Morgan fingerprint density at radius 1 is 1.25 bits per heavy atom. The molecule has 3 heterocycles. The highest BCUT2D eigenvalue weighted by Gasteiger charge is 2.53. The van der Waals surface area contributed by atoms with Crippen molar-refractivity contribution in [3.63, 3.8) is 0 Å². The van der Waals surface area contributed by atoms with Gasteiger partial charge in [0.2, 0.25) is 10.0 Å². The first kappa shape index (κ1) is 20.6. The number of hydrogen-bond acceptors (Lipinski definition) is 7. The summed E-state index contributed by atoms with van der Waals surface area (Å²) in [6.07, 6.45) is 5.08. The van der Waals surface area contributed by atoms with E-state index in [0.717, 1.165) is 47.9 Å². The molecule has 10 nitrogen and oxygen atoms in total. The smallest absolute Gasteiger partial charge is 0.261 e. The van der Waals surface area contributed by atoms with E-state index in [1.165, 1.54) is 6.33 Å². The summed E-state index contributed by atoms with van der Waals surface area (Å²) in [6, 6.07) is 5.01. The number of nitrogens with two attached hydrogens (primary N) is 1. The average Bonchev–Trinajstić information content (AvgIpc) is 3.33. The Bertz CT molecular complexity index is 1310. The molecule has 2 aliphatic rings. The summed E-state index contributed by atoms with van der Waals surface area (Å²) >= 11 is 0. The van der Waals surface area contributed by atoms with Gasteiger partial charge in [0.25, 0.3) is 5.91 Å². The lowest BCUT2D eigenvalue weighted by Crippen LogP contribution is -2.58. The highest BCUT2D eigenvalue weighted by atomic mass is 32.2. The first-order valence-electron chi connectivity index (χ1n) is 10.1. The lowest BCUT2D eigenvalue weighted by atomic mass is 10.1. The summed E-state index contributed by atoms with van der Waals surface area (Å²) in [5, 5.41) is 5.94. The summed E-state index contributed by atoms with van der Waals surface area (Å²) in [7, 11) is -4.02. The van der Waals surface area contributed by atoms with Gasteiger partial charge >= 0.3 is 0 Å². The molecule has 1 aromatic carbocycles. The van der Waals surface area contributed by atoms with Crippen molar-refractivity contribution >= 4 is 32.8 Å². The van der Waals surface area contributed by atoms with Gasteiger partial charge in [-0.3, -0.25) is 4.79 Å². The van der Waals surface area contributed by atoms with Crippen LogP contribution in [-0.2, 0) is 14.8 Å². The molecule has 12 heteroatoms. The SMILES string of the molecule is NS(=O)(=O)c1ccc(OCC(=O)N2CCN(c3ncnc4[nH]ccc34)CC23CC3)c(F)c1. The zero-order chi connectivity index (χ0) is 22.5. The van der Waals surface area contributed by atoms with E-state index in [0.29, 0.717) is 19.6 Å². The zero-order valence-electron chi connectivity index (χ0n) is 17.0. The van der Waals surface area contributed by atoms with Gasteiger partial charge in [0.05, 0.1) is 15.8 Å². The molecule has 5 rings (SSSR count). The third-order valence-corrected chi connectivity index (χ3v) is 6.91. The minimum atomic E-state index is -4.02. The molecule has 0 atom stereocenters. The van der Waals surface area contributed by atoms with Crippen molar-refractivity contribution in [3.8, 4) is 5.75 Å². The van der Waals surface area contributed by atoms with Crippen LogP contribution in [0.4, 0.5) is 10.2 Å². The van der Waals surface area contributed by atoms with Crippen molar-refractivity contribution < 1.29 is 22.3 Å². The summed E-state index contributed by atoms with van der Waals surface area (Å²) in [5.41, 5.74) is 0.477. The van der Waals surface area contributed by atoms with Crippen LogP contribution in [0.3, 0.4) is 0 Å². The zero-order valence-corrected chi connectivity index (χ0v) is 17.8. The van der Waals surface area contributed by atoms with E-state index in [1.807, 2.05) is 12.3 Å². The number of rotatable bonds is 5. The maximum Gasteiger partial charge on any atom is 0.261 e. The number of primary sulfonamides is 1. The fraction of sp³-hybridized carbons (Fsp3) is 0.350. The second-order valence-corrected chi connectivity index (χ2v) is 9.62. The highest BCUT2D eigenvalue weighted by molar-refractivity contribution is 7.89. The summed E-state index contributed by atoms with van der Waals surface area (Å²) in [5.74, 6) is -0.505. The fourth-order valence-electron chi connectivity index (χ4n) is 4.22. The van der Waals surface area contributed by atoms with E-state index in [4.69, 9.17) is 9.88 Å². The van der Waals surface area contributed by atoms with Gasteiger partial charge in [-0.2, -0.15) is 0 Å². The van der Waals surface area contributed by atoms with Crippen molar-refractivity contribution in [1.29, 1.82) is 0 Å². The molecule has 1 amide bonds. The van der Waals surface area contributed by atoms with Gasteiger partial charge in [-0.25, -0.2) is 27.9 Å². The topological polar surface area (TPSA) is 135 Å². The highest BCUT2D eigenvalue weighted by Crippen LogP contribution is 2.45. The van der Waals surface area contributed by atoms with Gasteiger partial charge in [-0.15, -0.1) is 0 Å². The number of hydrogen-bond donors (Lipinski definition) is 2. The molecule has 0 unspecified atom stereocenters. The molecule has 3 N–H and O–H groups in total. The van der Waals surface area contributed by atoms with Crippen LogP contribution in [0, 0.1) is 5.82 Å². The standard InChI is InChI=1S/C20H21FN6O4S/c21-15-9-13(32(22,29)30)1-2-16(15)31-10-17(28)27-8-7-26(11-20(27)4-5-20)19-14-3-6-23-18(14)24-12-25-19/h1-3,6,9,12H,4-5,7-8,10-11H2,(H2,22,29,30)(H,23,24,25). The summed E-state index contributed by atoms with van der Waals surface area (Å²) in [6.45, 7) is 1.39. The second-order valence-electron chi connectivity index (χ2n) is 8.05. The van der Waals surface area contributed by atoms with E-state index >= 15 is 0 Å². The Labute approximate surface area is 183 Å². The van der Waals surface area contributed by atoms with E-state index in [1.54, 1.807) is 4.90 Å². The monoisotopic (exact) mass is 460 g/mol. The normalized spacial score (nSPS) is 17.7. The first-order chi connectivity index (χ1) is 15.3. The van der Waals surface area contributed by atoms with Crippen LogP contribution in [0.15, 0.2) is 41.7 Å². The maximum atomic E-state index is 14.2. The molecule has 3 aromatic rings. The number of halogens is 1. The molecule has 1 spiro atoms. The Morgan fingerprint density at radius 2 is 2.06 bits per heavy atom. The number of sulfonamides is 1.